The SMILES string of the molecule is CC(C)(C)NCc1ccc(SCCc2cccnc2)cc1. The molecule has 112 valence electrons. The quantitative estimate of drug-likeness (QED) is 0.805. The summed E-state index contributed by atoms with van der Waals surface area (Å²) in [5.41, 5.74) is 2.80. The Hall–Kier alpha value is -1.32. The van der Waals surface area contributed by atoms with Crippen LogP contribution in [-0.2, 0) is 13.0 Å². The summed E-state index contributed by atoms with van der Waals surface area (Å²) >= 11 is 1.90. The van der Waals surface area contributed by atoms with Gasteiger partial charge in [-0.05, 0) is 56.5 Å². The number of pyridine rings is 1. The minimum absolute atomic E-state index is 0.164. The fourth-order valence-corrected chi connectivity index (χ4v) is 2.81. The van der Waals surface area contributed by atoms with E-state index in [9.17, 15) is 0 Å². The first-order valence-corrected chi connectivity index (χ1v) is 8.37. The van der Waals surface area contributed by atoms with Gasteiger partial charge in [0.05, 0.1) is 0 Å². The molecule has 2 rings (SSSR count). The third kappa shape index (κ3) is 6.32. The zero-order valence-electron chi connectivity index (χ0n) is 13.1. The zero-order valence-corrected chi connectivity index (χ0v) is 13.9. The summed E-state index contributed by atoms with van der Waals surface area (Å²) < 4.78 is 0. The summed E-state index contributed by atoms with van der Waals surface area (Å²) in [5.74, 6) is 1.09. The van der Waals surface area contributed by atoms with Crippen LogP contribution in [0.25, 0.3) is 0 Å². The maximum absolute atomic E-state index is 4.15. The van der Waals surface area contributed by atoms with Crippen LogP contribution in [0.1, 0.15) is 31.9 Å². The van der Waals surface area contributed by atoms with Gasteiger partial charge in [-0.15, -0.1) is 11.8 Å². The van der Waals surface area contributed by atoms with E-state index >= 15 is 0 Å². The number of aryl methyl sites for hydroxylation is 1. The third-order valence-corrected chi connectivity index (χ3v) is 4.14. The van der Waals surface area contributed by atoms with Crippen molar-refractivity contribution in [2.24, 2.45) is 0 Å². The van der Waals surface area contributed by atoms with E-state index in [0.717, 1.165) is 18.7 Å². The van der Waals surface area contributed by atoms with E-state index in [-0.39, 0.29) is 5.54 Å². The maximum Gasteiger partial charge on any atom is 0.0300 e. The van der Waals surface area contributed by atoms with E-state index < -0.39 is 0 Å². The number of hydrogen-bond acceptors (Lipinski definition) is 3. The van der Waals surface area contributed by atoms with Crippen LogP contribution in [0.4, 0.5) is 0 Å². The molecule has 21 heavy (non-hydrogen) atoms. The predicted octanol–water partition coefficient (Wildman–Crippen LogP) is 4.30. The van der Waals surface area contributed by atoms with E-state index in [0.29, 0.717) is 0 Å². The number of nitrogens with zero attached hydrogens (tertiary/aromatic N) is 1. The van der Waals surface area contributed by atoms with Crippen molar-refractivity contribution in [1.82, 2.24) is 10.3 Å². The Bertz CT molecular complexity index is 529. The fraction of sp³-hybridized carbons (Fsp3) is 0.389. The molecule has 1 aromatic heterocycles. The Kier molecular flexibility index (Phi) is 5.83. The summed E-state index contributed by atoms with van der Waals surface area (Å²) in [6.07, 6.45) is 4.83. The summed E-state index contributed by atoms with van der Waals surface area (Å²) in [7, 11) is 0. The van der Waals surface area contributed by atoms with Gasteiger partial charge in [0, 0.05) is 35.1 Å². The molecule has 3 heteroatoms. The Morgan fingerprint density at radius 3 is 2.43 bits per heavy atom. The Balaban J connectivity index is 1.77. The standard InChI is InChI=1S/C18H24N2S/c1-18(2,3)20-14-16-6-8-17(9-7-16)21-12-10-15-5-4-11-19-13-15/h4-9,11,13,20H,10,12,14H2,1-3H3. The molecular weight excluding hydrogens is 276 g/mol. The molecule has 1 heterocycles. The normalized spacial score (nSPS) is 11.6. The van der Waals surface area contributed by atoms with Crippen LogP contribution in [-0.4, -0.2) is 16.3 Å². The molecule has 0 atom stereocenters. The number of nitrogens with one attached hydrogen (secondary N) is 1. The van der Waals surface area contributed by atoms with Gasteiger partial charge in [0.2, 0.25) is 0 Å². The van der Waals surface area contributed by atoms with Crippen molar-refractivity contribution in [3.63, 3.8) is 0 Å². The second-order valence-corrected chi connectivity index (χ2v) is 7.38. The molecule has 1 aromatic carbocycles. The molecule has 0 saturated carbocycles. The highest BCUT2D eigenvalue weighted by Crippen LogP contribution is 2.20. The topological polar surface area (TPSA) is 24.9 Å². The minimum Gasteiger partial charge on any atom is -0.308 e. The van der Waals surface area contributed by atoms with Crippen LogP contribution in [0.5, 0.6) is 0 Å². The van der Waals surface area contributed by atoms with Crippen LogP contribution >= 0.6 is 11.8 Å². The lowest BCUT2D eigenvalue weighted by Crippen LogP contribution is -2.35. The summed E-state index contributed by atoms with van der Waals surface area (Å²) in [4.78, 5) is 5.48. The van der Waals surface area contributed by atoms with Crippen molar-refractivity contribution in [1.29, 1.82) is 0 Å². The molecule has 0 fully saturated rings. The smallest absolute Gasteiger partial charge is 0.0300 e. The molecule has 2 aromatic rings. The van der Waals surface area contributed by atoms with E-state index in [4.69, 9.17) is 0 Å². The molecule has 1 N–H and O–H groups in total. The highest BCUT2D eigenvalue weighted by Gasteiger charge is 2.08. The van der Waals surface area contributed by atoms with Crippen LogP contribution in [0.3, 0.4) is 0 Å². The van der Waals surface area contributed by atoms with Crippen molar-refractivity contribution >= 4 is 11.8 Å². The fourth-order valence-electron chi connectivity index (χ4n) is 1.90. The van der Waals surface area contributed by atoms with Gasteiger partial charge in [-0.3, -0.25) is 4.98 Å². The van der Waals surface area contributed by atoms with Gasteiger partial charge >= 0.3 is 0 Å². The van der Waals surface area contributed by atoms with Crippen LogP contribution < -0.4 is 5.32 Å². The Labute approximate surface area is 132 Å². The van der Waals surface area contributed by atoms with Gasteiger partial charge in [-0.1, -0.05) is 18.2 Å². The highest BCUT2D eigenvalue weighted by atomic mass is 32.2. The molecule has 0 aliphatic rings. The van der Waals surface area contributed by atoms with Gasteiger partial charge in [0.25, 0.3) is 0 Å². The first-order chi connectivity index (χ1) is 10.0. The second-order valence-electron chi connectivity index (χ2n) is 6.21. The number of hydrogen-bond donors (Lipinski definition) is 1. The van der Waals surface area contributed by atoms with Gasteiger partial charge in [-0.25, -0.2) is 0 Å². The van der Waals surface area contributed by atoms with Crippen molar-refractivity contribution < 1.29 is 0 Å². The summed E-state index contributed by atoms with van der Waals surface area (Å²) in [6.45, 7) is 7.49. The maximum atomic E-state index is 4.15. The highest BCUT2D eigenvalue weighted by molar-refractivity contribution is 7.99. The second kappa shape index (κ2) is 7.62. The molecule has 0 amide bonds. The third-order valence-electron chi connectivity index (χ3n) is 3.13. The average molecular weight is 300 g/mol. The van der Waals surface area contributed by atoms with Gasteiger partial charge in [0.1, 0.15) is 0 Å². The molecule has 0 bridgehead atoms. The van der Waals surface area contributed by atoms with Crippen molar-refractivity contribution in [2.45, 2.75) is 44.2 Å². The van der Waals surface area contributed by atoms with E-state index in [1.165, 1.54) is 16.0 Å². The van der Waals surface area contributed by atoms with E-state index in [1.54, 1.807) is 0 Å². The summed E-state index contributed by atoms with van der Waals surface area (Å²) in [5, 5.41) is 3.51. The van der Waals surface area contributed by atoms with Crippen LogP contribution in [0, 0.1) is 0 Å². The van der Waals surface area contributed by atoms with Gasteiger partial charge in [-0.2, -0.15) is 0 Å². The molecule has 0 saturated heterocycles. The zero-order chi connectivity index (χ0) is 15.1. The average Bonchev–Trinajstić information content (AvgIpc) is 2.47. The molecule has 0 unspecified atom stereocenters. The molecule has 2 nitrogen and oxygen atoms in total. The van der Waals surface area contributed by atoms with E-state index in [1.807, 2.05) is 30.2 Å². The van der Waals surface area contributed by atoms with Gasteiger partial charge < -0.3 is 5.32 Å². The number of rotatable bonds is 6. The van der Waals surface area contributed by atoms with Crippen LogP contribution in [0.2, 0.25) is 0 Å². The lowest BCUT2D eigenvalue weighted by molar-refractivity contribution is 0.424. The predicted molar refractivity (Wildman–Crippen MR) is 91.7 cm³/mol. The largest absolute Gasteiger partial charge is 0.308 e. The van der Waals surface area contributed by atoms with Crippen molar-refractivity contribution in [3.8, 4) is 0 Å². The molecule has 0 radical (unpaired) electrons. The first kappa shape index (κ1) is 16.1. The molecule has 0 aliphatic heterocycles. The van der Waals surface area contributed by atoms with Crippen molar-refractivity contribution in [3.05, 3.63) is 59.9 Å². The lowest BCUT2D eigenvalue weighted by Gasteiger charge is -2.20. The minimum atomic E-state index is 0.164. The Morgan fingerprint density at radius 2 is 1.81 bits per heavy atom. The monoisotopic (exact) mass is 300 g/mol. The van der Waals surface area contributed by atoms with Crippen molar-refractivity contribution in [2.75, 3.05) is 5.75 Å². The molecule has 0 aliphatic carbocycles. The number of benzene rings is 1. The first-order valence-electron chi connectivity index (χ1n) is 7.39. The van der Waals surface area contributed by atoms with E-state index in [2.05, 4.69) is 61.4 Å². The lowest BCUT2D eigenvalue weighted by atomic mass is 10.1. The summed E-state index contributed by atoms with van der Waals surface area (Å²) in [6, 6.07) is 13.0. The van der Waals surface area contributed by atoms with Gasteiger partial charge in [0.15, 0.2) is 0 Å². The number of thioether (sulfide) groups is 1. The number of aromatic nitrogens is 1. The molecular formula is C18H24N2S. The van der Waals surface area contributed by atoms with Crippen LogP contribution in [0.15, 0.2) is 53.7 Å². The Morgan fingerprint density at radius 1 is 1.05 bits per heavy atom. The molecule has 0 spiro atoms.